The van der Waals surface area contributed by atoms with Gasteiger partial charge < -0.3 is 15.7 Å². The lowest BCUT2D eigenvalue weighted by Gasteiger charge is -2.13. The van der Waals surface area contributed by atoms with E-state index in [4.69, 9.17) is 16.7 Å². The lowest BCUT2D eigenvalue weighted by atomic mass is 10.1. The van der Waals surface area contributed by atoms with E-state index in [-0.39, 0.29) is 23.0 Å². The molecule has 0 aliphatic rings. The Balaban J connectivity index is 2.42. The van der Waals surface area contributed by atoms with Crippen LogP contribution in [0.15, 0.2) is 18.2 Å². The number of carbonyl (C=O) groups is 2. The van der Waals surface area contributed by atoms with Crippen molar-refractivity contribution >= 4 is 29.3 Å². The van der Waals surface area contributed by atoms with Gasteiger partial charge in [0.1, 0.15) is 5.82 Å². The molecule has 1 aromatic carbocycles. The third kappa shape index (κ3) is 5.44. The molecule has 0 radical (unpaired) electrons. The predicted octanol–water partition coefficient (Wildman–Crippen LogP) is 3.10. The first kappa shape index (κ1) is 16.2. The van der Waals surface area contributed by atoms with Gasteiger partial charge in [-0.15, -0.1) is 0 Å². The molecule has 0 spiro atoms. The normalized spacial score (nSPS) is 11.8. The number of hydrogen-bond donors (Lipinski definition) is 3. The van der Waals surface area contributed by atoms with Crippen LogP contribution in [0.5, 0.6) is 0 Å². The average Bonchev–Trinajstić information content (AvgIpc) is 2.38. The van der Waals surface area contributed by atoms with Crippen LogP contribution in [-0.2, 0) is 4.79 Å². The summed E-state index contributed by atoms with van der Waals surface area (Å²) in [7, 11) is 0. The smallest absolute Gasteiger partial charge is 0.319 e. The van der Waals surface area contributed by atoms with Crippen molar-refractivity contribution in [2.24, 2.45) is 5.92 Å². The molecule has 0 fully saturated rings. The Hall–Kier alpha value is -1.82. The highest BCUT2D eigenvalue weighted by atomic mass is 35.5. The third-order valence-electron chi connectivity index (χ3n) is 2.66. The molecule has 5 nitrogen and oxygen atoms in total. The monoisotopic (exact) mass is 302 g/mol. The zero-order chi connectivity index (χ0) is 15.1. The topological polar surface area (TPSA) is 78.4 Å². The number of hydrogen-bond acceptors (Lipinski definition) is 2. The first-order valence-corrected chi connectivity index (χ1v) is 6.48. The van der Waals surface area contributed by atoms with Gasteiger partial charge in [0.05, 0.1) is 10.7 Å². The fourth-order valence-corrected chi connectivity index (χ4v) is 1.72. The van der Waals surface area contributed by atoms with Gasteiger partial charge in [-0.1, -0.05) is 24.6 Å². The van der Waals surface area contributed by atoms with Crippen molar-refractivity contribution < 1.29 is 19.1 Å². The molecule has 0 aromatic heterocycles. The van der Waals surface area contributed by atoms with Gasteiger partial charge in [0.15, 0.2) is 0 Å². The highest BCUT2D eigenvalue weighted by Crippen LogP contribution is 2.24. The van der Waals surface area contributed by atoms with Crippen molar-refractivity contribution in [1.29, 1.82) is 0 Å². The minimum atomic E-state index is -0.876. The number of para-hydroxylation sites is 1. The van der Waals surface area contributed by atoms with Crippen LogP contribution in [0.1, 0.15) is 19.8 Å². The van der Waals surface area contributed by atoms with Gasteiger partial charge in [-0.25, -0.2) is 9.18 Å². The molecule has 1 unspecified atom stereocenters. The fraction of sp³-hybridized carbons (Fsp3) is 0.385. The van der Waals surface area contributed by atoms with Crippen LogP contribution >= 0.6 is 11.6 Å². The van der Waals surface area contributed by atoms with E-state index in [9.17, 15) is 14.0 Å². The van der Waals surface area contributed by atoms with Crippen molar-refractivity contribution in [2.45, 2.75) is 19.8 Å². The minimum absolute atomic E-state index is 0.00735. The second kappa shape index (κ2) is 7.69. The third-order valence-corrected chi connectivity index (χ3v) is 2.98. The van der Waals surface area contributed by atoms with E-state index in [1.54, 1.807) is 0 Å². The molecule has 1 atom stereocenters. The van der Waals surface area contributed by atoms with Gasteiger partial charge in [0.25, 0.3) is 0 Å². The summed E-state index contributed by atoms with van der Waals surface area (Å²) in [6.45, 7) is 2.12. The summed E-state index contributed by atoms with van der Waals surface area (Å²) in [6, 6.07) is 3.51. The number of carboxylic acid groups (broad SMARTS) is 1. The molecule has 0 aliphatic heterocycles. The van der Waals surface area contributed by atoms with Crippen molar-refractivity contribution in [3.05, 3.63) is 29.0 Å². The summed E-state index contributed by atoms with van der Waals surface area (Å²) in [4.78, 5) is 22.0. The van der Waals surface area contributed by atoms with Gasteiger partial charge in [-0.2, -0.15) is 0 Å². The molecule has 7 heteroatoms. The van der Waals surface area contributed by atoms with E-state index < -0.39 is 17.8 Å². The lowest BCUT2D eigenvalue weighted by molar-refractivity contribution is -0.137. The number of nitrogens with one attached hydrogen (secondary N) is 2. The molecule has 0 aliphatic carbocycles. The SMILES string of the molecule is CC(CCC(=O)O)CNC(=O)Nc1c(F)cccc1Cl. The summed E-state index contributed by atoms with van der Waals surface area (Å²) in [5.74, 6) is -1.49. The first-order chi connectivity index (χ1) is 9.40. The molecular formula is C13H16ClFN2O3. The van der Waals surface area contributed by atoms with E-state index in [0.717, 1.165) is 0 Å². The van der Waals surface area contributed by atoms with E-state index in [2.05, 4.69) is 10.6 Å². The predicted molar refractivity (Wildman–Crippen MR) is 74.5 cm³/mol. The van der Waals surface area contributed by atoms with E-state index in [1.165, 1.54) is 18.2 Å². The van der Waals surface area contributed by atoms with Crippen LogP contribution in [-0.4, -0.2) is 23.7 Å². The number of aliphatic carboxylic acids is 1. The Morgan fingerprint density at radius 1 is 1.45 bits per heavy atom. The van der Waals surface area contributed by atoms with Gasteiger partial charge in [-0.3, -0.25) is 4.79 Å². The largest absolute Gasteiger partial charge is 0.481 e. The molecular weight excluding hydrogens is 287 g/mol. The quantitative estimate of drug-likeness (QED) is 0.755. The maximum absolute atomic E-state index is 13.4. The highest BCUT2D eigenvalue weighted by Gasteiger charge is 2.11. The Labute approximate surface area is 121 Å². The summed E-state index contributed by atoms with van der Waals surface area (Å²) in [5.41, 5.74) is -0.0788. The molecule has 1 rings (SSSR count). The van der Waals surface area contributed by atoms with Crippen LogP contribution in [0, 0.1) is 11.7 Å². The Bertz CT molecular complexity index is 476. The lowest BCUT2D eigenvalue weighted by Crippen LogP contribution is -2.32. The maximum atomic E-state index is 13.4. The van der Waals surface area contributed by atoms with Crippen LogP contribution in [0.4, 0.5) is 14.9 Å². The van der Waals surface area contributed by atoms with E-state index >= 15 is 0 Å². The number of urea groups is 1. The molecule has 0 bridgehead atoms. The van der Waals surface area contributed by atoms with Crippen molar-refractivity contribution in [3.8, 4) is 0 Å². The number of carboxylic acids is 1. The zero-order valence-electron chi connectivity index (χ0n) is 11.0. The molecule has 3 N–H and O–H groups in total. The average molecular weight is 303 g/mol. The second-order valence-corrected chi connectivity index (χ2v) is 4.88. The second-order valence-electron chi connectivity index (χ2n) is 4.47. The van der Waals surface area contributed by atoms with E-state index in [0.29, 0.717) is 13.0 Å². The van der Waals surface area contributed by atoms with Gasteiger partial charge in [0, 0.05) is 13.0 Å². The number of amides is 2. The van der Waals surface area contributed by atoms with Crippen LogP contribution in [0.3, 0.4) is 0 Å². The molecule has 0 saturated carbocycles. The van der Waals surface area contributed by atoms with Crippen LogP contribution < -0.4 is 10.6 Å². The number of benzene rings is 1. The standard InChI is InChI=1S/C13H16ClFN2O3/c1-8(5-6-11(18)19)7-16-13(20)17-12-9(14)3-2-4-10(12)15/h2-4,8H,5-7H2,1H3,(H,18,19)(H2,16,17,20). The molecule has 0 saturated heterocycles. The fourth-order valence-electron chi connectivity index (χ4n) is 1.51. The van der Waals surface area contributed by atoms with Crippen molar-refractivity contribution in [2.75, 3.05) is 11.9 Å². The summed E-state index contributed by atoms with van der Waals surface area (Å²) >= 11 is 5.77. The highest BCUT2D eigenvalue weighted by molar-refractivity contribution is 6.33. The first-order valence-electron chi connectivity index (χ1n) is 6.10. The number of rotatable bonds is 6. The number of carbonyl (C=O) groups excluding carboxylic acids is 1. The van der Waals surface area contributed by atoms with Crippen molar-refractivity contribution in [3.63, 3.8) is 0 Å². The maximum Gasteiger partial charge on any atom is 0.319 e. The Kier molecular flexibility index (Phi) is 6.24. The molecule has 2 amide bonds. The molecule has 0 heterocycles. The van der Waals surface area contributed by atoms with Gasteiger partial charge >= 0.3 is 12.0 Å². The molecule has 20 heavy (non-hydrogen) atoms. The van der Waals surface area contributed by atoms with Crippen LogP contribution in [0.2, 0.25) is 5.02 Å². The van der Waals surface area contributed by atoms with Gasteiger partial charge in [0.2, 0.25) is 0 Å². The summed E-state index contributed by atoms with van der Waals surface area (Å²) in [5, 5.41) is 13.5. The Morgan fingerprint density at radius 3 is 2.75 bits per heavy atom. The molecule has 110 valence electrons. The number of halogens is 2. The van der Waals surface area contributed by atoms with Gasteiger partial charge in [-0.05, 0) is 24.5 Å². The Morgan fingerprint density at radius 2 is 2.15 bits per heavy atom. The van der Waals surface area contributed by atoms with E-state index in [1.807, 2.05) is 6.92 Å². The summed E-state index contributed by atoms with van der Waals surface area (Å²) < 4.78 is 13.4. The zero-order valence-corrected chi connectivity index (χ0v) is 11.7. The number of anilines is 1. The van der Waals surface area contributed by atoms with Crippen LogP contribution in [0.25, 0.3) is 0 Å². The summed E-state index contributed by atoms with van der Waals surface area (Å²) in [6.07, 6.45) is 0.500. The molecule has 1 aromatic rings. The van der Waals surface area contributed by atoms with Crippen molar-refractivity contribution in [1.82, 2.24) is 5.32 Å². The minimum Gasteiger partial charge on any atom is -0.481 e.